The molecule has 0 aliphatic heterocycles. The van der Waals surface area contributed by atoms with E-state index in [2.05, 4.69) is 17.2 Å². The highest BCUT2D eigenvalue weighted by Gasteiger charge is 2.33. The van der Waals surface area contributed by atoms with Crippen molar-refractivity contribution in [1.82, 2.24) is 10.3 Å². The minimum atomic E-state index is -0.119. The Labute approximate surface area is 267 Å². The van der Waals surface area contributed by atoms with Gasteiger partial charge in [0.2, 0.25) is 0 Å². The molecule has 4 aromatic rings. The van der Waals surface area contributed by atoms with E-state index in [1.165, 1.54) is 12.8 Å². The monoisotopic (exact) mass is 656 g/mol. The summed E-state index contributed by atoms with van der Waals surface area (Å²) in [6.07, 6.45) is 5.68. The fraction of sp³-hybridized carbons (Fsp3) is 0.387. The molecule has 0 atom stereocenters. The molecule has 0 bridgehead atoms. The molecule has 7 nitrogen and oxygen atoms in total. The topological polar surface area (TPSA) is 106 Å². The predicted octanol–water partition coefficient (Wildman–Crippen LogP) is 10.4. The lowest BCUT2D eigenvalue weighted by Gasteiger charge is -2.05. The fourth-order valence-corrected chi connectivity index (χ4v) is 5.46. The minimum Gasteiger partial charge on any atom is -0.391 e. The Hall–Kier alpha value is -2.64. The second-order valence-corrected chi connectivity index (χ2v) is 10.7. The molecule has 2 fully saturated rings. The highest BCUT2D eigenvalue weighted by atomic mass is 35.5. The molecule has 0 unspecified atom stereocenters. The van der Waals surface area contributed by atoms with Crippen molar-refractivity contribution in [3.05, 3.63) is 79.1 Å². The normalized spacial score (nSPS) is 13.1. The molecule has 0 spiro atoms. The van der Waals surface area contributed by atoms with Gasteiger partial charge in [-0.1, -0.05) is 98.1 Å². The number of benzene rings is 2. The zero-order valence-electron chi connectivity index (χ0n) is 20.8. The lowest BCUT2D eigenvalue weighted by atomic mass is 10.0. The lowest BCUT2D eigenvalue weighted by Crippen LogP contribution is -1.91. The smallest absolute Gasteiger partial charge is 0.373 e. The number of aliphatic hydroxyl groups excluding tert-OH is 1. The molecular weight excluding hydrogens is 622 g/mol. The number of carbonyl (C=O) groups excluding carboxylic acids is 2. The molecule has 1 N–H and O–H groups in total. The molecule has 2 aliphatic rings. The highest BCUT2D eigenvalue weighted by Crippen LogP contribution is 2.47. The van der Waals surface area contributed by atoms with Crippen molar-refractivity contribution in [3.63, 3.8) is 0 Å². The van der Waals surface area contributed by atoms with Gasteiger partial charge < -0.3 is 14.2 Å². The van der Waals surface area contributed by atoms with Crippen molar-refractivity contribution in [3.8, 4) is 22.5 Å². The van der Waals surface area contributed by atoms with Crippen LogP contribution in [0.1, 0.15) is 89.4 Å². The Balaban J connectivity index is 0.000000361. The predicted molar refractivity (Wildman–Crippen MR) is 168 cm³/mol. The lowest BCUT2D eigenvalue weighted by molar-refractivity contribution is -0.191. The second kappa shape index (κ2) is 16.9. The van der Waals surface area contributed by atoms with E-state index in [0.29, 0.717) is 48.7 Å². The average molecular weight is 658 g/mol. The Morgan fingerprint density at radius 1 is 0.738 bits per heavy atom. The summed E-state index contributed by atoms with van der Waals surface area (Å²) < 4.78 is 10.9. The molecule has 0 saturated heterocycles. The van der Waals surface area contributed by atoms with Gasteiger partial charge in [0.25, 0.3) is 0 Å². The van der Waals surface area contributed by atoms with Gasteiger partial charge in [-0.05, 0) is 56.4 Å². The highest BCUT2D eigenvalue weighted by molar-refractivity contribution is 6.39. The van der Waals surface area contributed by atoms with Crippen LogP contribution in [0.25, 0.3) is 22.5 Å². The first-order valence-electron chi connectivity index (χ1n) is 12.3. The van der Waals surface area contributed by atoms with Crippen LogP contribution in [0, 0.1) is 0 Å². The van der Waals surface area contributed by atoms with Crippen molar-refractivity contribution < 1.29 is 23.7 Å². The molecule has 0 amide bonds. The molecule has 6 rings (SSSR count). The second-order valence-electron chi connectivity index (χ2n) is 9.08. The van der Waals surface area contributed by atoms with E-state index in [0.717, 1.165) is 47.6 Å². The Morgan fingerprint density at radius 3 is 1.38 bits per heavy atom. The van der Waals surface area contributed by atoms with Gasteiger partial charge in [0, 0.05) is 34.1 Å². The average Bonchev–Trinajstić information content (AvgIpc) is 3.85. The van der Waals surface area contributed by atoms with E-state index in [-0.39, 0.29) is 35.0 Å². The molecule has 228 valence electrons. The van der Waals surface area contributed by atoms with E-state index >= 15 is 0 Å². The Morgan fingerprint density at radius 2 is 1.07 bits per heavy atom. The Kier molecular flexibility index (Phi) is 15.0. The van der Waals surface area contributed by atoms with Gasteiger partial charge in [0.15, 0.2) is 0 Å². The van der Waals surface area contributed by atoms with Gasteiger partial charge >= 0.3 is 6.15 Å². The van der Waals surface area contributed by atoms with Crippen LogP contribution in [0.4, 0.5) is 0 Å². The largest absolute Gasteiger partial charge is 0.391 e. The van der Waals surface area contributed by atoms with Crippen molar-refractivity contribution >= 4 is 52.6 Å². The van der Waals surface area contributed by atoms with Gasteiger partial charge in [-0.15, -0.1) is 0 Å². The molecular formula is C31H36Cl4N2O5. The van der Waals surface area contributed by atoms with E-state index < -0.39 is 0 Å². The van der Waals surface area contributed by atoms with Crippen LogP contribution < -0.4 is 0 Å². The Bertz CT molecular complexity index is 1340. The number of hydrogen-bond donors (Lipinski definition) is 1. The molecule has 2 aromatic carbocycles. The summed E-state index contributed by atoms with van der Waals surface area (Å²) in [5.41, 5.74) is 4.61. The molecule has 2 heterocycles. The fourth-order valence-electron chi connectivity index (χ4n) is 4.31. The maximum atomic E-state index is 9.52. The van der Waals surface area contributed by atoms with E-state index in [9.17, 15) is 5.11 Å². The molecule has 2 aromatic heterocycles. The molecule has 2 saturated carbocycles. The van der Waals surface area contributed by atoms with E-state index in [4.69, 9.17) is 65.0 Å². The van der Waals surface area contributed by atoms with Gasteiger partial charge in [0.05, 0.1) is 26.7 Å². The molecule has 42 heavy (non-hydrogen) atoms. The number of hydrogen-bond acceptors (Lipinski definition) is 7. The summed E-state index contributed by atoms with van der Waals surface area (Å²) in [4.78, 5) is 16.2. The summed E-state index contributed by atoms with van der Waals surface area (Å²) in [6, 6.07) is 10.8. The van der Waals surface area contributed by atoms with Crippen LogP contribution in [0.3, 0.4) is 0 Å². The third kappa shape index (κ3) is 8.25. The van der Waals surface area contributed by atoms with Crippen LogP contribution >= 0.6 is 46.4 Å². The molecule has 0 radical (unpaired) electrons. The third-order valence-corrected chi connectivity index (χ3v) is 7.70. The first kappa shape index (κ1) is 37.4. The van der Waals surface area contributed by atoms with Gasteiger partial charge in [-0.25, -0.2) is 0 Å². The zero-order valence-corrected chi connectivity index (χ0v) is 23.9. The van der Waals surface area contributed by atoms with Crippen molar-refractivity contribution in [2.45, 2.75) is 79.8 Å². The first-order chi connectivity index (χ1) is 18.9. The van der Waals surface area contributed by atoms with Crippen molar-refractivity contribution in [2.24, 2.45) is 0 Å². The maximum Gasteiger partial charge on any atom is 0.373 e. The third-order valence-electron chi connectivity index (χ3n) is 6.44. The first-order valence-corrected chi connectivity index (χ1v) is 13.8. The standard InChI is InChI=1S/C14H13Cl2NO.C13H11Cl2NO2.CO2.3CH4/c1-2-9-13(17-18-14(9)8-6-7-8)12-10(15)4-3-5-11(12)16;14-9-2-1-3-10(15)11(9)12-8(6-17)13(18-16-12)7-4-5-7;2-1-3;;;/h3-5,8H,2,6-7H2,1H3;1-3,7,17H,4-6H2;;3*1H4. The van der Waals surface area contributed by atoms with Crippen LogP contribution in [0.15, 0.2) is 45.4 Å². The number of rotatable bonds is 6. The van der Waals surface area contributed by atoms with E-state index in [1.54, 1.807) is 18.2 Å². The van der Waals surface area contributed by atoms with Crippen LogP contribution in [0.5, 0.6) is 0 Å². The minimum absolute atomic E-state index is 0. The number of nitrogens with zero attached hydrogens (tertiary/aromatic N) is 2. The summed E-state index contributed by atoms with van der Waals surface area (Å²) in [5, 5.41) is 20.0. The summed E-state index contributed by atoms with van der Waals surface area (Å²) >= 11 is 24.8. The molecule has 2 aliphatic carbocycles. The number of aliphatic hydroxyl groups is 1. The van der Waals surface area contributed by atoms with Crippen LogP contribution in [0.2, 0.25) is 20.1 Å². The summed E-state index contributed by atoms with van der Waals surface area (Å²) in [7, 11) is 0. The molecule has 11 heteroatoms. The van der Waals surface area contributed by atoms with Gasteiger partial charge in [0.1, 0.15) is 22.9 Å². The van der Waals surface area contributed by atoms with E-state index in [1.807, 2.05) is 18.2 Å². The summed E-state index contributed by atoms with van der Waals surface area (Å²) in [6.45, 7) is 1.99. The van der Waals surface area contributed by atoms with Crippen LogP contribution in [-0.2, 0) is 22.6 Å². The quantitative estimate of drug-likeness (QED) is 0.220. The number of halogens is 4. The number of aromatic nitrogens is 2. The SMILES string of the molecule is C.C.C.CCc1c(-c2c(Cl)cccc2Cl)noc1C1CC1.O=C=O.OCc1c(-c2c(Cl)cccc2Cl)noc1C1CC1. The zero-order chi connectivity index (χ0) is 28.1. The maximum absolute atomic E-state index is 9.52. The van der Waals surface area contributed by atoms with Gasteiger partial charge in [-0.2, -0.15) is 9.59 Å². The van der Waals surface area contributed by atoms with Crippen molar-refractivity contribution in [2.75, 3.05) is 0 Å². The van der Waals surface area contributed by atoms with Crippen LogP contribution in [-0.4, -0.2) is 21.6 Å². The van der Waals surface area contributed by atoms with Crippen molar-refractivity contribution in [1.29, 1.82) is 0 Å². The summed E-state index contributed by atoms with van der Waals surface area (Å²) in [5.74, 6) is 2.71. The van der Waals surface area contributed by atoms with Gasteiger partial charge in [-0.3, -0.25) is 0 Å².